The summed E-state index contributed by atoms with van der Waals surface area (Å²) in [7, 11) is 0. The smallest absolute Gasteiger partial charge is 0.341 e. The van der Waals surface area contributed by atoms with Gasteiger partial charge in [-0.15, -0.1) is 0 Å². The number of rotatable bonds is 7. The lowest BCUT2D eigenvalue weighted by molar-refractivity contribution is -0.139. The zero-order valence-corrected chi connectivity index (χ0v) is 14.7. The highest BCUT2D eigenvalue weighted by Crippen LogP contribution is 2.20. The molecular weight excluding hydrogens is 350 g/mol. The summed E-state index contributed by atoms with van der Waals surface area (Å²) in [5, 5.41) is 11.4. The van der Waals surface area contributed by atoms with Gasteiger partial charge in [-0.2, -0.15) is 0 Å². The van der Waals surface area contributed by atoms with Crippen LogP contribution in [-0.4, -0.2) is 42.9 Å². The van der Waals surface area contributed by atoms with Gasteiger partial charge in [-0.1, -0.05) is 0 Å². The lowest BCUT2D eigenvalue weighted by Crippen LogP contribution is -2.25. The normalized spacial score (nSPS) is 14.4. The molecule has 0 atom stereocenters. The molecule has 7 heteroatoms. The molecule has 0 bridgehead atoms. The van der Waals surface area contributed by atoms with E-state index in [0.717, 1.165) is 18.6 Å². The van der Waals surface area contributed by atoms with Crippen LogP contribution in [0.3, 0.4) is 0 Å². The minimum Gasteiger partial charge on any atom is -0.490 e. The van der Waals surface area contributed by atoms with Crippen molar-refractivity contribution >= 4 is 17.6 Å². The molecule has 0 spiro atoms. The van der Waals surface area contributed by atoms with Crippen molar-refractivity contribution in [1.29, 1.82) is 0 Å². The summed E-state index contributed by atoms with van der Waals surface area (Å²) in [6.07, 6.45) is 1.89. The molecule has 27 heavy (non-hydrogen) atoms. The molecule has 0 aromatic heterocycles. The summed E-state index contributed by atoms with van der Waals surface area (Å²) in [4.78, 5) is 22.8. The van der Waals surface area contributed by atoms with Crippen molar-refractivity contribution in [2.75, 3.05) is 25.1 Å². The topological polar surface area (TPSA) is 94.1 Å². The summed E-state index contributed by atoms with van der Waals surface area (Å²) in [6, 6.07) is 13.5. The van der Waals surface area contributed by atoms with Crippen molar-refractivity contribution in [2.24, 2.45) is 0 Å². The zero-order chi connectivity index (χ0) is 19.1. The summed E-state index contributed by atoms with van der Waals surface area (Å²) in [5.41, 5.74) is 1.10. The average Bonchev–Trinajstić information content (AvgIpc) is 2.69. The number of carbonyl (C=O) groups is 2. The fraction of sp³-hybridized carbons (Fsp3) is 0.300. The predicted octanol–water partition coefficient (Wildman–Crippen LogP) is 2.96. The third kappa shape index (κ3) is 5.72. The number of anilines is 1. The van der Waals surface area contributed by atoms with E-state index in [-0.39, 0.29) is 12.0 Å². The van der Waals surface area contributed by atoms with E-state index in [0.29, 0.717) is 30.2 Å². The third-order valence-corrected chi connectivity index (χ3v) is 4.06. The largest absolute Gasteiger partial charge is 0.490 e. The van der Waals surface area contributed by atoms with Crippen molar-refractivity contribution in [3.8, 4) is 11.5 Å². The molecular formula is C20H21NO6. The predicted molar refractivity (Wildman–Crippen MR) is 98.4 cm³/mol. The molecule has 1 saturated heterocycles. The minimum atomic E-state index is -1.04. The number of hydrogen-bond donors (Lipinski definition) is 2. The maximum Gasteiger partial charge on any atom is 0.341 e. The summed E-state index contributed by atoms with van der Waals surface area (Å²) >= 11 is 0. The maximum atomic E-state index is 12.3. The Labute approximate surface area is 156 Å². The lowest BCUT2D eigenvalue weighted by Gasteiger charge is -2.23. The van der Waals surface area contributed by atoms with Crippen molar-refractivity contribution in [3.63, 3.8) is 0 Å². The Hall–Kier alpha value is -3.06. The van der Waals surface area contributed by atoms with Crippen LogP contribution in [0.5, 0.6) is 11.5 Å². The first-order valence-corrected chi connectivity index (χ1v) is 8.70. The molecule has 1 fully saturated rings. The maximum absolute atomic E-state index is 12.3. The lowest BCUT2D eigenvalue weighted by atomic mass is 10.1. The highest BCUT2D eigenvalue weighted by molar-refractivity contribution is 6.04. The number of carboxylic acid groups (broad SMARTS) is 1. The minimum absolute atomic E-state index is 0.153. The molecule has 0 aliphatic carbocycles. The molecule has 142 valence electrons. The SMILES string of the molecule is O=C(O)COc1ccc(NC(=O)c2ccc(OC3CCOCC3)cc2)cc1. The molecule has 1 aliphatic rings. The zero-order valence-electron chi connectivity index (χ0n) is 14.7. The molecule has 0 saturated carbocycles. The van der Waals surface area contributed by atoms with Gasteiger partial charge in [-0.25, -0.2) is 4.79 Å². The second-order valence-corrected chi connectivity index (χ2v) is 6.11. The number of aliphatic carboxylic acids is 1. The first-order valence-electron chi connectivity index (χ1n) is 8.70. The van der Waals surface area contributed by atoms with E-state index in [4.69, 9.17) is 19.3 Å². The number of ether oxygens (including phenoxy) is 3. The van der Waals surface area contributed by atoms with Crippen LogP contribution in [-0.2, 0) is 9.53 Å². The fourth-order valence-corrected chi connectivity index (χ4v) is 2.65. The molecule has 2 aromatic carbocycles. The van der Waals surface area contributed by atoms with Crippen LogP contribution in [0.2, 0.25) is 0 Å². The van der Waals surface area contributed by atoms with E-state index in [1.165, 1.54) is 0 Å². The molecule has 1 amide bonds. The van der Waals surface area contributed by atoms with Crippen molar-refractivity contribution in [1.82, 2.24) is 0 Å². The quantitative estimate of drug-likeness (QED) is 0.777. The summed E-state index contributed by atoms with van der Waals surface area (Å²) < 4.78 is 16.3. The number of hydrogen-bond acceptors (Lipinski definition) is 5. The Morgan fingerprint density at radius 3 is 2.26 bits per heavy atom. The Bertz CT molecular complexity index is 766. The average molecular weight is 371 g/mol. The van der Waals surface area contributed by atoms with E-state index in [1.54, 1.807) is 48.5 Å². The number of carboxylic acids is 1. The van der Waals surface area contributed by atoms with E-state index in [9.17, 15) is 9.59 Å². The molecule has 2 N–H and O–H groups in total. The highest BCUT2D eigenvalue weighted by Gasteiger charge is 2.15. The van der Waals surface area contributed by atoms with Crippen molar-refractivity contribution < 1.29 is 28.9 Å². The number of amides is 1. The van der Waals surface area contributed by atoms with Crippen LogP contribution in [0.4, 0.5) is 5.69 Å². The molecule has 2 aromatic rings. The van der Waals surface area contributed by atoms with Crippen LogP contribution in [0.15, 0.2) is 48.5 Å². The Balaban J connectivity index is 1.53. The van der Waals surface area contributed by atoms with E-state index >= 15 is 0 Å². The molecule has 0 unspecified atom stereocenters. The van der Waals surface area contributed by atoms with Crippen molar-refractivity contribution in [2.45, 2.75) is 18.9 Å². The number of nitrogens with one attached hydrogen (secondary N) is 1. The van der Waals surface area contributed by atoms with Crippen LogP contribution in [0, 0.1) is 0 Å². The van der Waals surface area contributed by atoms with Gasteiger partial charge in [0.25, 0.3) is 5.91 Å². The first-order chi connectivity index (χ1) is 13.1. The van der Waals surface area contributed by atoms with Gasteiger partial charge in [-0.05, 0) is 48.5 Å². The highest BCUT2D eigenvalue weighted by atomic mass is 16.5. The molecule has 1 heterocycles. The summed E-state index contributed by atoms with van der Waals surface area (Å²) in [6.45, 7) is 1.02. The van der Waals surface area contributed by atoms with Gasteiger partial charge >= 0.3 is 5.97 Å². The number of carbonyl (C=O) groups excluding carboxylic acids is 1. The number of benzene rings is 2. The van der Waals surface area contributed by atoms with Gasteiger partial charge in [0.15, 0.2) is 6.61 Å². The Morgan fingerprint density at radius 2 is 1.63 bits per heavy atom. The monoisotopic (exact) mass is 371 g/mol. The molecule has 1 aliphatic heterocycles. The van der Waals surface area contributed by atoms with Gasteiger partial charge < -0.3 is 24.6 Å². The Morgan fingerprint density at radius 1 is 1.00 bits per heavy atom. The molecule has 3 rings (SSSR count). The van der Waals surface area contributed by atoms with E-state index < -0.39 is 12.6 Å². The van der Waals surface area contributed by atoms with Gasteiger partial charge in [0.2, 0.25) is 0 Å². The van der Waals surface area contributed by atoms with E-state index in [2.05, 4.69) is 5.32 Å². The molecule has 7 nitrogen and oxygen atoms in total. The van der Waals surface area contributed by atoms with Gasteiger partial charge in [0.05, 0.1) is 13.2 Å². The van der Waals surface area contributed by atoms with Crippen LogP contribution < -0.4 is 14.8 Å². The van der Waals surface area contributed by atoms with Crippen molar-refractivity contribution in [3.05, 3.63) is 54.1 Å². The van der Waals surface area contributed by atoms with Gasteiger partial charge in [0, 0.05) is 24.1 Å². The second kappa shape index (κ2) is 9.05. The van der Waals surface area contributed by atoms with Crippen LogP contribution >= 0.6 is 0 Å². The third-order valence-electron chi connectivity index (χ3n) is 4.06. The summed E-state index contributed by atoms with van der Waals surface area (Å²) in [5.74, 6) is -0.133. The fourth-order valence-electron chi connectivity index (χ4n) is 2.65. The Kier molecular flexibility index (Phi) is 6.27. The second-order valence-electron chi connectivity index (χ2n) is 6.11. The van der Waals surface area contributed by atoms with Crippen LogP contribution in [0.1, 0.15) is 23.2 Å². The van der Waals surface area contributed by atoms with Gasteiger partial charge in [0.1, 0.15) is 17.6 Å². The van der Waals surface area contributed by atoms with Gasteiger partial charge in [-0.3, -0.25) is 4.79 Å². The first kappa shape index (κ1) is 18.7. The van der Waals surface area contributed by atoms with E-state index in [1.807, 2.05) is 0 Å². The molecule has 0 radical (unpaired) electrons. The standard InChI is InChI=1S/C20H21NO6/c22-19(23)13-26-16-7-3-15(4-8-16)21-20(24)14-1-5-17(6-2-14)27-18-9-11-25-12-10-18/h1-8,18H,9-13H2,(H,21,24)(H,22,23). The van der Waals surface area contributed by atoms with Crippen LogP contribution in [0.25, 0.3) is 0 Å².